The van der Waals surface area contributed by atoms with Crippen LogP contribution in [0.2, 0.25) is 0 Å². The predicted molar refractivity (Wildman–Crippen MR) is 88.8 cm³/mol. The zero-order chi connectivity index (χ0) is 15.9. The van der Waals surface area contributed by atoms with Gasteiger partial charge in [-0.2, -0.15) is 5.10 Å². The summed E-state index contributed by atoms with van der Waals surface area (Å²) in [6.07, 6.45) is 2.89. The van der Waals surface area contributed by atoms with Gasteiger partial charge in [-0.25, -0.2) is 0 Å². The van der Waals surface area contributed by atoms with Gasteiger partial charge in [-0.05, 0) is 11.1 Å². The van der Waals surface area contributed by atoms with Crippen molar-refractivity contribution in [3.63, 3.8) is 0 Å². The SMILES string of the molecule is O=COC(Cc1ccccc1)Cc1cn[nH]c1-c1ccccc1. The zero-order valence-corrected chi connectivity index (χ0v) is 12.7. The van der Waals surface area contributed by atoms with E-state index in [2.05, 4.69) is 10.2 Å². The monoisotopic (exact) mass is 306 g/mol. The highest BCUT2D eigenvalue weighted by molar-refractivity contribution is 5.62. The quantitative estimate of drug-likeness (QED) is 0.681. The largest absolute Gasteiger partial charge is 0.464 e. The molecule has 3 aromatic rings. The van der Waals surface area contributed by atoms with Gasteiger partial charge in [-0.1, -0.05) is 60.7 Å². The Bertz CT molecular complexity index is 738. The van der Waals surface area contributed by atoms with Crippen molar-refractivity contribution in [3.05, 3.63) is 78.0 Å². The molecule has 23 heavy (non-hydrogen) atoms. The van der Waals surface area contributed by atoms with Crippen LogP contribution in [0.5, 0.6) is 0 Å². The van der Waals surface area contributed by atoms with Gasteiger partial charge in [0.1, 0.15) is 6.10 Å². The summed E-state index contributed by atoms with van der Waals surface area (Å²) in [5.41, 5.74) is 4.23. The molecule has 0 aliphatic carbocycles. The second-order valence-corrected chi connectivity index (χ2v) is 5.38. The molecule has 4 heteroatoms. The van der Waals surface area contributed by atoms with E-state index < -0.39 is 0 Å². The van der Waals surface area contributed by atoms with Crippen molar-refractivity contribution in [2.75, 3.05) is 0 Å². The number of carbonyl (C=O) groups is 1. The lowest BCUT2D eigenvalue weighted by Gasteiger charge is -2.15. The lowest BCUT2D eigenvalue weighted by Crippen LogP contribution is -2.18. The molecule has 4 nitrogen and oxygen atoms in total. The molecule has 0 aliphatic heterocycles. The molecule has 1 aromatic heterocycles. The van der Waals surface area contributed by atoms with E-state index >= 15 is 0 Å². The smallest absolute Gasteiger partial charge is 0.293 e. The van der Waals surface area contributed by atoms with Crippen LogP contribution in [-0.4, -0.2) is 22.8 Å². The average Bonchev–Trinajstić information content (AvgIpc) is 3.05. The van der Waals surface area contributed by atoms with Crippen LogP contribution in [0.15, 0.2) is 66.9 Å². The van der Waals surface area contributed by atoms with Crippen LogP contribution in [0.1, 0.15) is 11.1 Å². The van der Waals surface area contributed by atoms with Crippen LogP contribution < -0.4 is 0 Å². The Kier molecular flexibility index (Phi) is 4.84. The number of nitrogens with zero attached hydrogens (tertiary/aromatic N) is 1. The van der Waals surface area contributed by atoms with E-state index in [9.17, 15) is 4.79 Å². The van der Waals surface area contributed by atoms with Gasteiger partial charge in [0.25, 0.3) is 6.47 Å². The average molecular weight is 306 g/mol. The van der Waals surface area contributed by atoms with Crippen molar-refractivity contribution in [3.8, 4) is 11.3 Å². The maximum absolute atomic E-state index is 10.8. The molecule has 116 valence electrons. The topological polar surface area (TPSA) is 55.0 Å². The summed E-state index contributed by atoms with van der Waals surface area (Å²) in [5, 5.41) is 7.19. The minimum atomic E-state index is -0.213. The van der Waals surface area contributed by atoms with Gasteiger partial charge in [0.15, 0.2) is 0 Å². The summed E-state index contributed by atoms with van der Waals surface area (Å²) in [7, 11) is 0. The molecule has 1 heterocycles. The second kappa shape index (κ2) is 7.40. The van der Waals surface area contributed by atoms with Crippen LogP contribution in [0, 0.1) is 0 Å². The summed E-state index contributed by atoms with van der Waals surface area (Å²) in [4.78, 5) is 10.8. The number of H-pyrrole nitrogens is 1. The number of rotatable bonds is 7. The first-order chi connectivity index (χ1) is 11.4. The fourth-order valence-corrected chi connectivity index (χ4v) is 2.69. The van der Waals surface area contributed by atoms with E-state index in [0.717, 1.165) is 22.4 Å². The molecule has 0 saturated carbocycles. The van der Waals surface area contributed by atoms with Gasteiger partial charge >= 0.3 is 0 Å². The van der Waals surface area contributed by atoms with Gasteiger partial charge in [0.2, 0.25) is 0 Å². The third-order valence-electron chi connectivity index (χ3n) is 3.78. The van der Waals surface area contributed by atoms with E-state index in [1.54, 1.807) is 6.20 Å². The molecule has 1 N–H and O–H groups in total. The van der Waals surface area contributed by atoms with Crippen molar-refractivity contribution in [1.82, 2.24) is 10.2 Å². The number of carbonyl (C=O) groups excluding carboxylic acids is 1. The summed E-state index contributed by atoms with van der Waals surface area (Å²) in [6, 6.07) is 20.0. The Balaban J connectivity index is 1.79. The molecule has 3 rings (SSSR count). The first-order valence-corrected chi connectivity index (χ1v) is 7.57. The fourth-order valence-electron chi connectivity index (χ4n) is 2.69. The third kappa shape index (κ3) is 3.86. The van der Waals surface area contributed by atoms with Crippen LogP contribution in [-0.2, 0) is 22.4 Å². The van der Waals surface area contributed by atoms with E-state index in [1.165, 1.54) is 0 Å². The maximum atomic E-state index is 10.8. The van der Waals surface area contributed by atoms with Crippen molar-refractivity contribution >= 4 is 6.47 Å². The molecule has 0 spiro atoms. The Morgan fingerprint density at radius 3 is 2.39 bits per heavy atom. The Morgan fingerprint density at radius 1 is 1.00 bits per heavy atom. The van der Waals surface area contributed by atoms with E-state index in [-0.39, 0.29) is 6.10 Å². The molecule has 0 fully saturated rings. The lowest BCUT2D eigenvalue weighted by atomic mass is 9.99. The molecule has 0 aliphatic rings. The summed E-state index contributed by atoms with van der Waals surface area (Å²) >= 11 is 0. The number of aromatic amines is 1. The number of ether oxygens (including phenoxy) is 1. The van der Waals surface area contributed by atoms with Gasteiger partial charge in [-0.15, -0.1) is 0 Å². The molecular formula is C19H18N2O2. The molecule has 1 atom stereocenters. The molecule has 0 bridgehead atoms. The molecule has 0 radical (unpaired) electrons. The summed E-state index contributed by atoms with van der Waals surface area (Å²) < 4.78 is 5.29. The fraction of sp³-hybridized carbons (Fsp3) is 0.158. The summed E-state index contributed by atoms with van der Waals surface area (Å²) in [5.74, 6) is 0. The normalized spacial score (nSPS) is 11.8. The zero-order valence-electron chi connectivity index (χ0n) is 12.7. The molecule has 1 unspecified atom stereocenters. The molecule has 0 amide bonds. The van der Waals surface area contributed by atoms with Crippen molar-refractivity contribution < 1.29 is 9.53 Å². The second-order valence-electron chi connectivity index (χ2n) is 5.38. The number of benzene rings is 2. The predicted octanol–water partition coefficient (Wildman–Crippen LogP) is 3.40. The van der Waals surface area contributed by atoms with E-state index in [1.807, 2.05) is 60.7 Å². The number of hydrogen-bond donors (Lipinski definition) is 1. The van der Waals surface area contributed by atoms with E-state index in [0.29, 0.717) is 19.3 Å². The first kappa shape index (κ1) is 15.0. The number of nitrogens with one attached hydrogen (secondary N) is 1. The minimum Gasteiger partial charge on any atom is -0.464 e. The van der Waals surface area contributed by atoms with Gasteiger partial charge < -0.3 is 4.74 Å². The highest BCUT2D eigenvalue weighted by Crippen LogP contribution is 2.23. The Hall–Kier alpha value is -2.88. The molecular weight excluding hydrogens is 288 g/mol. The standard InChI is InChI=1S/C19H18N2O2/c22-14-23-18(11-15-7-3-1-4-8-15)12-17-13-20-21-19(17)16-9-5-2-6-10-16/h1-10,13-14,18H,11-12H2,(H,20,21). The van der Waals surface area contributed by atoms with Gasteiger partial charge in [-0.3, -0.25) is 9.89 Å². The number of hydrogen-bond acceptors (Lipinski definition) is 3. The van der Waals surface area contributed by atoms with Crippen LogP contribution in [0.3, 0.4) is 0 Å². The third-order valence-corrected chi connectivity index (χ3v) is 3.78. The van der Waals surface area contributed by atoms with E-state index in [4.69, 9.17) is 4.74 Å². The van der Waals surface area contributed by atoms with Gasteiger partial charge in [0.05, 0.1) is 11.9 Å². The summed E-state index contributed by atoms with van der Waals surface area (Å²) in [6.45, 7) is 0.524. The van der Waals surface area contributed by atoms with Crippen molar-refractivity contribution in [2.24, 2.45) is 0 Å². The van der Waals surface area contributed by atoms with Crippen molar-refractivity contribution in [1.29, 1.82) is 0 Å². The van der Waals surface area contributed by atoms with Crippen LogP contribution in [0.4, 0.5) is 0 Å². The highest BCUT2D eigenvalue weighted by atomic mass is 16.5. The van der Waals surface area contributed by atoms with Gasteiger partial charge in [0, 0.05) is 18.4 Å². The maximum Gasteiger partial charge on any atom is 0.293 e. The van der Waals surface area contributed by atoms with Crippen LogP contribution in [0.25, 0.3) is 11.3 Å². The minimum absolute atomic E-state index is 0.213. The Labute approximate surface area is 135 Å². The molecule has 2 aromatic carbocycles. The number of aromatic nitrogens is 2. The van der Waals surface area contributed by atoms with Crippen molar-refractivity contribution in [2.45, 2.75) is 18.9 Å². The lowest BCUT2D eigenvalue weighted by molar-refractivity contribution is -0.133. The molecule has 0 saturated heterocycles. The Morgan fingerprint density at radius 2 is 1.70 bits per heavy atom. The first-order valence-electron chi connectivity index (χ1n) is 7.57. The highest BCUT2D eigenvalue weighted by Gasteiger charge is 2.16. The van der Waals surface area contributed by atoms with Crippen LogP contribution >= 0.6 is 0 Å².